The van der Waals surface area contributed by atoms with Crippen LogP contribution in [0, 0.1) is 5.92 Å². The summed E-state index contributed by atoms with van der Waals surface area (Å²) in [5.41, 5.74) is 2.65. The Hall–Kier alpha value is -1.05. The molecule has 1 aliphatic carbocycles. The van der Waals surface area contributed by atoms with E-state index in [-0.39, 0.29) is 0 Å². The molecule has 0 unspecified atom stereocenters. The second-order valence-electron chi connectivity index (χ2n) is 4.31. The number of nitrogens with zero attached hydrogens (tertiary/aromatic N) is 1. The Balaban J connectivity index is 2.05. The monoisotopic (exact) mass is 191 g/mol. The molecule has 0 amide bonds. The molecule has 0 aliphatic heterocycles. The van der Waals surface area contributed by atoms with Crippen molar-refractivity contribution in [2.75, 3.05) is 6.61 Å². The maximum Gasteiger partial charge on any atom is 0.213 e. The molecule has 0 saturated heterocycles. The Bertz CT molecular complexity index is 320. The van der Waals surface area contributed by atoms with E-state index in [0.717, 1.165) is 18.9 Å². The largest absolute Gasteiger partial charge is 0.477 e. The van der Waals surface area contributed by atoms with Crippen molar-refractivity contribution in [3.05, 3.63) is 23.4 Å². The zero-order valence-electron chi connectivity index (χ0n) is 8.92. The standard InChI is InChI=1S/C12H17NO/c1-9(2)8-14-12-7-6-10-4-3-5-11(10)13-12/h6-7,9H,3-5,8H2,1-2H3. The van der Waals surface area contributed by atoms with E-state index in [1.165, 1.54) is 24.1 Å². The fourth-order valence-corrected chi connectivity index (χ4v) is 1.73. The topological polar surface area (TPSA) is 22.1 Å². The van der Waals surface area contributed by atoms with E-state index in [1.54, 1.807) is 0 Å². The summed E-state index contributed by atoms with van der Waals surface area (Å²) in [4.78, 5) is 4.50. The van der Waals surface area contributed by atoms with Gasteiger partial charge in [-0.25, -0.2) is 4.98 Å². The molecule has 0 fully saturated rings. The molecule has 0 bridgehead atoms. The van der Waals surface area contributed by atoms with Crippen LogP contribution < -0.4 is 4.74 Å². The van der Waals surface area contributed by atoms with E-state index in [4.69, 9.17) is 4.74 Å². The number of pyridine rings is 1. The lowest BCUT2D eigenvalue weighted by Gasteiger charge is -2.08. The first-order chi connectivity index (χ1) is 6.75. The smallest absolute Gasteiger partial charge is 0.213 e. The summed E-state index contributed by atoms with van der Waals surface area (Å²) in [6.07, 6.45) is 3.55. The van der Waals surface area contributed by atoms with Crippen LogP contribution in [-0.4, -0.2) is 11.6 Å². The molecule has 1 aromatic rings. The molecule has 0 radical (unpaired) electrons. The first-order valence-corrected chi connectivity index (χ1v) is 5.37. The average Bonchev–Trinajstić information content (AvgIpc) is 2.61. The van der Waals surface area contributed by atoms with Crippen LogP contribution in [0.2, 0.25) is 0 Å². The lowest BCUT2D eigenvalue weighted by atomic mass is 10.2. The van der Waals surface area contributed by atoms with Crippen molar-refractivity contribution in [1.29, 1.82) is 0 Å². The third-order valence-corrected chi connectivity index (χ3v) is 2.47. The molecule has 2 nitrogen and oxygen atoms in total. The number of hydrogen-bond donors (Lipinski definition) is 0. The number of aryl methyl sites for hydroxylation is 2. The summed E-state index contributed by atoms with van der Waals surface area (Å²) in [6, 6.07) is 4.15. The van der Waals surface area contributed by atoms with Gasteiger partial charge in [-0.3, -0.25) is 0 Å². The van der Waals surface area contributed by atoms with Crippen LogP contribution in [0.15, 0.2) is 12.1 Å². The fraction of sp³-hybridized carbons (Fsp3) is 0.583. The van der Waals surface area contributed by atoms with Gasteiger partial charge in [0.15, 0.2) is 0 Å². The number of fused-ring (bicyclic) bond motifs is 1. The van der Waals surface area contributed by atoms with Crippen LogP contribution in [0.25, 0.3) is 0 Å². The van der Waals surface area contributed by atoms with Gasteiger partial charge in [0.2, 0.25) is 5.88 Å². The van der Waals surface area contributed by atoms with Crippen molar-refractivity contribution in [3.63, 3.8) is 0 Å². The zero-order valence-corrected chi connectivity index (χ0v) is 8.92. The predicted molar refractivity (Wildman–Crippen MR) is 56.6 cm³/mol. The van der Waals surface area contributed by atoms with Gasteiger partial charge in [0.1, 0.15) is 0 Å². The Kier molecular flexibility index (Phi) is 2.71. The predicted octanol–water partition coefficient (Wildman–Crippen LogP) is 2.61. The van der Waals surface area contributed by atoms with E-state index in [0.29, 0.717) is 5.92 Å². The second kappa shape index (κ2) is 3.99. The van der Waals surface area contributed by atoms with E-state index in [9.17, 15) is 0 Å². The van der Waals surface area contributed by atoms with Gasteiger partial charge < -0.3 is 4.74 Å². The minimum absolute atomic E-state index is 0.560. The highest BCUT2D eigenvalue weighted by molar-refractivity contribution is 5.29. The molecule has 0 saturated carbocycles. The van der Waals surface area contributed by atoms with Crippen LogP contribution in [-0.2, 0) is 12.8 Å². The molecule has 1 heterocycles. The minimum Gasteiger partial charge on any atom is -0.477 e. The Morgan fingerprint density at radius 2 is 2.21 bits per heavy atom. The Morgan fingerprint density at radius 3 is 3.00 bits per heavy atom. The quantitative estimate of drug-likeness (QED) is 0.732. The van der Waals surface area contributed by atoms with Gasteiger partial charge in [0.25, 0.3) is 0 Å². The number of aromatic nitrogens is 1. The Morgan fingerprint density at radius 1 is 1.36 bits per heavy atom. The summed E-state index contributed by atoms with van der Waals surface area (Å²) in [7, 11) is 0. The number of hydrogen-bond acceptors (Lipinski definition) is 2. The van der Waals surface area contributed by atoms with Crippen LogP contribution >= 0.6 is 0 Å². The van der Waals surface area contributed by atoms with Crippen molar-refractivity contribution < 1.29 is 4.74 Å². The van der Waals surface area contributed by atoms with Crippen LogP contribution in [0.1, 0.15) is 31.5 Å². The molecule has 1 aromatic heterocycles. The van der Waals surface area contributed by atoms with Gasteiger partial charge in [0.05, 0.1) is 6.61 Å². The second-order valence-corrected chi connectivity index (χ2v) is 4.31. The molecule has 1 aliphatic rings. The molecular weight excluding hydrogens is 174 g/mol. The molecule has 14 heavy (non-hydrogen) atoms. The van der Waals surface area contributed by atoms with Crippen molar-refractivity contribution >= 4 is 0 Å². The van der Waals surface area contributed by atoms with Gasteiger partial charge in [0, 0.05) is 11.8 Å². The summed E-state index contributed by atoms with van der Waals surface area (Å²) in [5.74, 6) is 1.35. The average molecular weight is 191 g/mol. The molecule has 0 aromatic carbocycles. The lowest BCUT2D eigenvalue weighted by Crippen LogP contribution is -2.06. The van der Waals surface area contributed by atoms with Gasteiger partial charge in [-0.2, -0.15) is 0 Å². The van der Waals surface area contributed by atoms with Gasteiger partial charge in [-0.05, 0) is 30.7 Å². The zero-order chi connectivity index (χ0) is 9.97. The molecule has 0 spiro atoms. The van der Waals surface area contributed by atoms with E-state index >= 15 is 0 Å². The van der Waals surface area contributed by atoms with E-state index in [2.05, 4.69) is 24.9 Å². The van der Waals surface area contributed by atoms with Crippen molar-refractivity contribution in [3.8, 4) is 5.88 Å². The molecule has 0 atom stereocenters. The van der Waals surface area contributed by atoms with Crippen molar-refractivity contribution in [2.45, 2.75) is 33.1 Å². The molecule has 76 valence electrons. The van der Waals surface area contributed by atoms with Gasteiger partial charge in [-0.15, -0.1) is 0 Å². The normalized spacial score (nSPS) is 14.5. The van der Waals surface area contributed by atoms with Crippen molar-refractivity contribution in [1.82, 2.24) is 4.98 Å². The maximum absolute atomic E-state index is 5.58. The first-order valence-electron chi connectivity index (χ1n) is 5.37. The van der Waals surface area contributed by atoms with Crippen molar-refractivity contribution in [2.24, 2.45) is 5.92 Å². The molecule has 2 rings (SSSR count). The third-order valence-electron chi connectivity index (χ3n) is 2.47. The Labute approximate surface area is 85.3 Å². The van der Waals surface area contributed by atoms with Gasteiger partial charge >= 0.3 is 0 Å². The van der Waals surface area contributed by atoms with E-state index < -0.39 is 0 Å². The molecule has 0 N–H and O–H groups in total. The summed E-state index contributed by atoms with van der Waals surface area (Å²) >= 11 is 0. The highest BCUT2D eigenvalue weighted by Gasteiger charge is 2.12. The maximum atomic E-state index is 5.58. The number of ether oxygens (including phenoxy) is 1. The summed E-state index contributed by atoms with van der Waals surface area (Å²) < 4.78 is 5.58. The first kappa shape index (κ1) is 9.50. The fourth-order valence-electron chi connectivity index (χ4n) is 1.73. The highest BCUT2D eigenvalue weighted by Crippen LogP contribution is 2.22. The minimum atomic E-state index is 0.560. The molecular formula is C12H17NO. The van der Waals surface area contributed by atoms with E-state index in [1.807, 2.05) is 6.07 Å². The highest BCUT2D eigenvalue weighted by atomic mass is 16.5. The summed E-state index contributed by atoms with van der Waals surface area (Å²) in [5, 5.41) is 0. The number of rotatable bonds is 3. The SMILES string of the molecule is CC(C)COc1ccc2c(n1)CCC2. The van der Waals surface area contributed by atoms with Crippen LogP contribution in [0.3, 0.4) is 0 Å². The molecule has 2 heteroatoms. The summed E-state index contributed by atoms with van der Waals surface area (Å²) in [6.45, 7) is 5.05. The lowest BCUT2D eigenvalue weighted by molar-refractivity contribution is 0.261. The van der Waals surface area contributed by atoms with Gasteiger partial charge in [-0.1, -0.05) is 19.9 Å². The van der Waals surface area contributed by atoms with Crippen LogP contribution in [0.4, 0.5) is 0 Å². The van der Waals surface area contributed by atoms with Crippen LogP contribution in [0.5, 0.6) is 5.88 Å². The third kappa shape index (κ3) is 2.06.